The van der Waals surface area contributed by atoms with E-state index in [9.17, 15) is 0 Å². The van der Waals surface area contributed by atoms with Crippen LogP contribution in [-0.2, 0) is 6.54 Å². The second-order valence-corrected chi connectivity index (χ2v) is 3.20. The highest BCUT2D eigenvalue weighted by Crippen LogP contribution is 2.08. The SMILES string of the molecule is C/C=C/CCNCc1ccc(O)cc1. The number of allylic oxidation sites excluding steroid dienone is 1. The van der Waals surface area contributed by atoms with Gasteiger partial charge in [-0.25, -0.2) is 0 Å². The molecule has 0 atom stereocenters. The lowest BCUT2D eigenvalue weighted by Gasteiger charge is -2.02. The molecule has 0 heterocycles. The Morgan fingerprint density at radius 3 is 2.64 bits per heavy atom. The molecule has 0 amide bonds. The third kappa shape index (κ3) is 4.10. The van der Waals surface area contributed by atoms with Gasteiger partial charge in [-0.1, -0.05) is 24.3 Å². The molecule has 76 valence electrons. The average molecular weight is 191 g/mol. The molecule has 1 aromatic carbocycles. The van der Waals surface area contributed by atoms with E-state index >= 15 is 0 Å². The minimum absolute atomic E-state index is 0.322. The van der Waals surface area contributed by atoms with Crippen molar-refractivity contribution in [3.63, 3.8) is 0 Å². The number of aromatic hydroxyl groups is 1. The molecule has 0 aliphatic rings. The average Bonchev–Trinajstić information content (AvgIpc) is 2.21. The lowest BCUT2D eigenvalue weighted by Crippen LogP contribution is -2.13. The zero-order chi connectivity index (χ0) is 10.2. The number of benzene rings is 1. The fourth-order valence-corrected chi connectivity index (χ4v) is 1.20. The van der Waals surface area contributed by atoms with Crippen LogP contribution >= 0.6 is 0 Å². The smallest absolute Gasteiger partial charge is 0.115 e. The van der Waals surface area contributed by atoms with Crippen LogP contribution in [0.2, 0.25) is 0 Å². The lowest BCUT2D eigenvalue weighted by molar-refractivity contribution is 0.475. The molecule has 2 nitrogen and oxygen atoms in total. The summed E-state index contributed by atoms with van der Waals surface area (Å²) < 4.78 is 0. The predicted octanol–water partition coefficient (Wildman–Crippen LogP) is 2.45. The van der Waals surface area contributed by atoms with Crippen LogP contribution in [0.1, 0.15) is 18.9 Å². The van der Waals surface area contributed by atoms with Crippen molar-refractivity contribution in [1.82, 2.24) is 5.32 Å². The monoisotopic (exact) mass is 191 g/mol. The molecule has 2 heteroatoms. The summed E-state index contributed by atoms with van der Waals surface area (Å²) in [5.41, 5.74) is 1.20. The van der Waals surface area contributed by atoms with Gasteiger partial charge < -0.3 is 10.4 Å². The van der Waals surface area contributed by atoms with E-state index < -0.39 is 0 Å². The first-order valence-electron chi connectivity index (χ1n) is 4.92. The molecular formula is C12H17NO. The molecule has 0 aliphatic carbocycles. The van der Waals surface area contributed by atoms with Crippen molar-refractivity contribution in [2.24, 2.45) is 0 Å². The van der Waals surface area contributed by atoms with Gasteiger partial charge in [0, 0.05) is 6.54 Å². The summed E-state index contributed by atoms with van der Waals surface area (Å²) >= 11 is 0. The van der Waals surface area contributed by atoms with Crippen molar-refractivity contribution in [2.75, 3.05) is 6.54 Å². The predicted molar refractivity (Wildman–Crippen MR) is 59.2 cm³/mol. The van der Waals surface area contributed by atoms with Gasteiger partial charge in [-0.2, -0.15) is 0 Å². The molecule has 1 aromatic rings. The van der Waals surface area contributed by atoms with Crippen LogP contribution in [0.25, 0.3) is 0 Å². The van der Waals surface area contributed by atoms with Crippen molar-refractivity contribution < 1.29 is 5.11 Å². The molecule has 0 saturated carbocycles. The third-order valence-corrected chi connectivity index (χ3v) is 1.99. The highest BCUT2D eigenvalue weighted by molar-refractivity contribution is 5.25. The van der Waals surface area contributed by atoms with Crippen LogP contribution in [0.5, 0.6) is 5.75 Å². The van der Waals surface area contributed by atoms with Gasteiger partial charge in [0.1, 0.15) is 5.75 Å². The number of hydrogen-bond donors (Lipinski definition) is 2. The normalized spacial score (nSPS) is 10.9. The second kappa shape index (κ2) is 6.22. The van der Waals surface area contributed by atoms with E-state index in [1.165, 1.54) is 5.56 Å². The Morgan fingerprint density at radius 2 is 2.00 bits per heavy atom. The molecule has 0 aromatic heterocycles. The Labute approximate surface area is 85.3 Å². The van der Waals surface area contributed by atoms with Crippen molar-refractivity contribution in [1.29, 1.82) is 0 Å². The van der Waals surface area contributed by atoms with E-state index in [2.05, 4.69) is 17.5 Å². The fraction of sp³-hybridized carbons (Fsp3) is 0.333. The Balaban J connectivity index is 2.21. The fourth-order valence-electron chi connectivity index (χ4n) is 1.20. The quantitative estimate of drug-likeness (QED) is 0.553. The minimum Gasteiger partial charge on any atom is -0.508 e. The van der Waals surface area contributed by atoms with Crippen molar-refractivity contribution in [2.45, 2.75) is 19.9 Å². The molecular weight excluding hydrogens is 174 g/mol. The Bertz CT molecular complexity index is 277. The molecule has 2 N–H and O–H groups in total. The van der Waals surface area contributed by atoms with E-state index in [0.29, 0.717) is 5.75 Å². The Hall–Kier alpha value is -1.28. The maximum Gasteiger partial charge on any atom is 0.115 e. The zero-order valence-corrected chi connectivity index (χ0v) is 8.53. The van der Waals surface area contributed by atoms with Crippen molar-refractivity contribution in [3.8, 4) is 5.75 Å². The first kappa shape index (κ1) is 10.8. The summed E-state index contributed by atoms with van der Waals surface area (Å²) in [5.74, 6) is 0.322. The highest BCUT2D eigenvalue weighted by atomic mass is 16.3. The number of nitrogens with one attached hydrogen (secondary N) is 1. The zero-order valence-electron chi connectivity index (χ0n) is 8.53. The molecule has 14 heavy (non-hydrogen) atoms. The van der Waals surface area contributed by atoms with Crippen LogP contribution in [0, 0.1) is 0 Å². The second-order valence-electron chi connectivity index (χ2n) is 3.20. The summed E-state index contributed by atoms with van der Waals surface area (Å²) in [5, 5.41) is 12.4. The van der Waals surface area contributed by atoms with Crippen LogP contribution in [0.15, 0.2) is 36.4 Å². The number of hydrogen-bond acceptors (Lipinski definition) is 2. The molecule has 0 spiro atoms. The molecule has 0 fully saturated rings. The Kier molecular flexibility index (Phi) is 4.79. The van der Waals surface area contributed by atoms with Gasteiger partial charge in [0.05, 0.1) is 0 Å². The topological polar surface area (TPSA) is 32.3 Å². The largest absolute Gasteiger partial charge is 0.508 e. The van der Waals surface area contributed by atoms with Gasteiger partial charge in [-0.15, -0.1) is 0 Å². The number of phenolic OH excluding ortho intramolecular Hbond substituents is 1. The minimum atomic E-state index is 0.322. The van der Waals surface area contributed by atoms with Crippen molar-refractivity contribution >= 4 is 0 Å². The first-order valence-corrected chi connectivity index (χ1v) is 4.92. The van der Waals surface area contributed by atoms with Crippen LogP contribution in [0.4, 0.5) is 0 Å². The van der Waals surface area contributed by atoms with E-state index in [1.54, 1.807) is 12.1 Å². The van der Waals surface area contributed by atoms with Gasteiger partial charge in [0.25, 0.3) is 0 Å². The standard InChI is InChI=1S/C12H17NO/c1-2-3-4-9-13-10-11-5-7-12(14)8-6-11/h2-3,5-8,13-14H,4,9-10H2,1H3/b3-2+. The summed E-state index contributed by atoms with van der Waals surface area (Å²) in [4.78, 5) is 0. The molecule has 0 unspecified atom stereocenters. The van der Waals surface area contributed by atoms with Gasteiger partial charge in [-0.3, -0.25) is 0 Å². The van der Waals surface area contributed by atoms with Gasteiger partial charge in [-0.05, 0) is 37.6 Å². The lowest BCUT2D eigenvalue weighted by atomic mass is 10.2. The van der Waals surface area contributed by atoms with E-state index in [4.69, 9.17) is 5.11 Å². The Morgan fingerprint density at radius 1 is 1.29 bits per heavy atom. The summed E-state index contributed by atoms with van der Waals surface area (Å²) in [6.07, 6.45) is 5.26. The first-order chi connectivity index (χ1) is 6.83. The summed E-state index contributed by atoms with van der Waals surface area (Å²) in [7, 11) is 0. The van der Waals surface area contributed by atoms with Crippen LogP contribution in [-0.4, -0.2) is 11.7 Å². The molecule has 0 bridgehead atoms. The van der Waals surface area contributed by atoms with E-state index in [-0.39, 0.29) is 0 Å². The third-order valence-electron chi connectivity index (χ3n) is 1.99. The maximum absolute atomic E-state index is 9.07. The molecule has 0 radical (unpaired) electrons. The number of rotatable bonds is 5. The van der Waals surface area contributed by atoms with E-state index in [0.717, 1.165) is 19.5 Å². The summed E-state index contributed by atoms with van der Waals surface area (Å²) in [6.45, 7) is 3.88. The summed E-state index contributed by atoms with van der Waals surface area (Å²) in [6, 6.07) is 7.28. The van der Waals surface area contributed by atoms with Gasteiger partial charge in [0.15, 0.2) is 0 Å². The van der Waals surface area contributed by atoms with Crippen LogP contribution in [0.3, 0.4) is 0 Å². The van der Waals surface area contributed by atoms with Gasteiger partial charge >= 0.3 is 0 Å². The molecule has 0 saturated heterocycles. The highest BCUT2D eigenvalue weighted by Gasteiger charge is 1.91. The van der Waals surface area contributed by atoms with Crippen molar-refractivity contribution in [3.05, 3.63) is 42.0 Å². The molecule has 1 rings (SSSR count). The molecule has 0 aliphatic heterocycles. The van der Waals surface area contributed by atoms with Crippen LogP contribution < -0.4 is 5.32 Å². The van der Waals surface area contributed by atoms with Gasteiger partial charge in [0.2, 0.25) is 0 Å². The number of phenols is 1. The maximum atomic E-state index is 9.07. The van der Waals surface area contributed by atoms with E-state index in [1.807, 2.05) is 19.1 Å².